The number of hydrogen-bond acceptors (Lipinski definition) is 4. The van der Waals surface area contributed by atoms with Crippen molar-refractivity contribution in [1.82, 2.24) is 5.32 Å². The Morgan fingerprint density at radius 3 is 2.64 bits per heavy atom. The summed E-state index contributed by atoms with van der Waals surface area (Å²) >= 11 is 0. The standard InChI is InChI=1S/C20H21NO4/c1-3-14(12-22)21-20(23)19-18(13-7-5-4-6-8-13)16-10-9-15(24-2)11-17(16)25-19/h4-11,14,22H,3,12H2,1-2H3,(H,21,23). The number of nitrogens with one attached hydrogen (secondary N) is 1. The van der Waals surface area contributed by atoms with Gasteiger partial charge in [-0.05, 0) is 24.1 Å². The molecule has 0 saturated heterocycles. The number of carbonyl (C=O) groups excluding carboxylic acids is 1. The second-order valence-electron chi connectivity index (χ2n) is 5.80. The van der Waals surface area contributed by atoms with Crippen LogP contribution in [-0.2, 0) is 0 Å². The number of fused-ring (bicyclic) bond motifs is 1. The number of hydrogen-bond donors (Lipinski definition) is 2. The molecule has 25 heavy (non-hydrogen) atoms. The third kappa shape index (κ3) is 3.37. The Labute approximate surface area is 146 Å². The molecule has 1 aromatic heterocycles. The summed E-state index contributed by atoms with van der Waals surface area (Å²) in [7, 11) is 1.59. The van der Waals surface area contributed by atoms with E-state index in [1.807, 2.05) is 49.4 Å². The summed E-state index contributed by atoms with van der Waals surface area (Å²) < 4.78 is 11.1. The van der Waals surface area contributed by atoms with Crippen LogP contribution in [0.25, 0.3) is 22.1 Å². The molecule has 0 aliphatic carbocycles. The van der Waals surface area contributed by atoms with Crippen LogP contribution < -0.4 is 10.1 Å². The molecule has 0 aliphatic heterocycles. The Hall–Kier alpha value is -2.79. The minimum atomic E-state index is -0.338. The van der Waals surface area contributed by atoms with Gasteiger partial charge >= 0.3 is 0 Å². The molecule has 1 amide bonds. The van der Waals surface area contributed by atoms with E-state index in [0.717, 1.165) is 16.5 Å². The van der Waals surface area contributed by atoms with Gasteiger partial charge in [0.2, 0.25) is 5.76 Å². The predicted octanol–water partition coefficient (Wildman–Crippen LogP) is 3.61. The zero-order valence-corrected chi connectivity index (χ0v) is 14.3. The molecule has 0 saturated carbocycles. The van der Waals surface area contributed by atoms with Crippen molar-refractivity contribution < 1.29 is 19.1 Å². The highest BCUT2D eigenvalue weighted by Gasteiger charge is 2.23. The zero-order valence-electron chi connectivity index (χ0n) is 14.3. The van der Waals surface area contributed by atoms with E-state index in [-0.39, 0.29) is 24.3 Å². The molecule has 0 spiro atoms. The molecule has 130 valence electrons. The Bertz CT molecular complexity index is 866. The first-order chi connectivity index (χ1) is 12.2. The normalized spacial score (nSPS) is 12.1. The lowest BCUT2D eigenvalue weighted by Gasteiger charge is -2.13. The Balaban J connectivity index is 2.14. The maximum Gasteiger partial charge on any atom is 0.287 e. The lowest BCUT2D eigenvalue weighted by atomic mass is 10.0. The van der Waals surface area contributed by atoms with Gasteiger partial charge in [-0.15, -0.1) is 0 Å². The van der Waals surface area contributed by atoms with Gasteiger partial charge in [-0.25, -0.2) is 0 Å². The summed E-state index contributed by atoms with van der Waals surface area (Å²) in [6, 6.07) is 14.8. The van der Waals surface area contributed by atoms with Crippen molar-refractivity contribution in [2.75, 3.05) is 13.7 Å². The molecule has 5 nitrogen and oxygen atoms in total. The molecule has 3 aromatic rings. The van der Waals surface area contributed by atoms with Crippen molar-refractivity contribution in [1.29, 1.82) is 0 Å². The average Bonchev–Trinajstić information content (AvgIpc) is 3.05. The number of amides is 1. The first-order valence-corrected chi connectivity index (χ1v) is 8.25. The third-order valence-corrected chi connectivity index (χ3v) is 4.21. The molecule has 2 aromatic carbocycles. The molecule has 3 rings (SSSR count). The molecule has 1 atom stereocenters. The minimum absolute atomic E-state index is 0.114. The van der Waals surface area contributed by atoms with Gasteiger partial charge in [0.15, 0.2) is 0 Å². The molecular weight excluding hydrogens is 318 g/mol. The van der Waals surface area contributed by atoms with Crippen LogP contribution in [0.3, 0.4) is 0 Å². The van der Waals surface area contributed by atoms with Crippen molar-refractivity contribution in [3.63, 3.8) is 0 Å². The molecule has 5 heteroatoms. The zero-order chi connectivity index (χ0) is 17.8. The van der Waals surface area contributed by atoms with Gasteiger partial charge in [0.1, 0.15) is 11.3 Å². The van der Waals surface area contributed by atoms with Crippen LogP contribution in [-0.4, -0.2) is 30.8 Å². The lowest BCUT2D eigenvalue weighted by Crippen LogP contribution is -2.36. The van der Waals surface area contributed by atoms with Gasteiger partial charge in [0.05, 0.1) is 19.8 Å². The molecule has 0 aliphatic rings. The summed E-state index contributed by atoms with van der Waals surface area (Å²) in [5, 5.41) is 13.0. The largest absolute Gasteiger partial charge is 0.497 e. The van der Waals surface area contributed by atoms with Crippen LogP contribution in [0.1, 0.15) is 23.9 Å². The van der Waals surface area contributed by atoms with Gasteiger partial charge in [0, 0.05) is 17.0 Å². The van der Waals surface area contributed by atoms with Crippen LogP contribution >= 0.6 is 0 Å². The van der Waals surface area contributed by atoms with Gasteiger partial charge in [0.25, 0.3) is 5.91 Å². The van der Waals surface area contributed by atoms with Crippen LogP contribution in [0.2, 0.25) is 0 Å². The Morgan fingerprint density at radius 1 is 1.24 bits per heavy atom. The molecule has 1 heterocycles. The highest BCUT2D eigenvalue weighted by molar-refractivity contribution is 6.08. The van der Waals surface area contributed by atoms with Crippen molar-refractivity contribution >= 4 is 16.9 Å². The van der Waals surface area contributed by atoms with E-state index in [1.54, 1.807) is 13.2 Å². The Kier molecular flexibility index (Phi) is 5.05. The van der Waals surface area contributed by atoms with Crippen LogP contribution in [0, 0.1) is 0 Å². The first kappa shape index (κ1) is 17.0. The smallest absolute Gasteiger partial charge is 0.287 e. The molecular formula is C20H21NO4. The van der Waals surface area contributed by atoms with Crippen molar-refractivity contribution in [2.24, 2.45) is 0 Å². The van der Waals surface area contributed by atoms with E-state index in [1.165, 1.54) is 0 Å². The van der Waals surface area contributed by atoms with Gasteiger partial charge in [-0.3, -0.25) is 4.79 Å². The maximum atomic E-state index is 12.7. The number of furan rings is 1. The fraction of sp³-hybridized carbons (Fsp3) is 0.250. The highest BCUT2D eigenvalue weighted by atomic mass is 16.5. The number of aliphatic hydroxyl groups is 1. The SMILES string of the molecule is CCC(CO)NC(=O)c1oc2cc(OC)ccc2c1-c1ccccc1. The van der Waals surface area contributed by atoms with Crippen molar-refractivity contribution in [2.45, 2.75) is 19.4 Å². The molecule has 1 unspecified atom stereocenters. The second-order valence-corrected chi connectivity index (χ2v) is 5.80. The Morgan fingerprint density at radius 2 is 2.00 bits per heavy atom. The quantitative estimate of drug-likeness (QED) is 0.720. The highest BCUT2D eigenvalue weighted by Crippen LogP contribution is 2.36. The summed E-state index contributed by atoms with van der Waals surface area (Å²) in [6.07, 6.45) is 0.636. The van der Waals surface area contributed by atoms with E-state index in [4.69, 9.17) is 9.15 Å². The number of aliphatic hydroxyl groups excluding tert-OH is 1. The number of rotatable bonds is 6. The fourth-order valence-electron chi connectivity index (χ4n) is 2.78. The second kappa shape index (κ2) is 7.40. The lowest BCUT2D eigenvalue weighted by molar-refractivity contribution is 0.0890. The fourth-order valence-corrected chi connectivity index (χ4v) is 2.78. The summed E-state index contributed by atoms with van der Waals surface area (Å²) in [4.78, 5) is 12.7. The summed E-state index contributed by atoms with van der Waals surface area (Å²) in [5.74, 6) is 0.561. The van der Waals surface area contributed by atoms with Gasteiger partial charge in [-0.2, -0.15) is 0 Å². The predicted molar refractivity (Wildman–Crippen MR) is 96.8 cm³/mol. The summed E-state index contributed by atoms with van der Waals surface area (Å²) in [6.45, 7) is 1.79. The number of benzene rings is 2. The van der Waals surface area contributed by atoms with E-state index >= 15 is 0 Å². The molecule has 0 bridgehead atoms. The van der Waals surface area contributed by atoms with Crippen LogP contribution in [0.15, 0.2) is 52.9 Å². The molecule has 2 N–H and O–H groups in total. The van der Waals surface area contributed by atoms with E-state index < -0.39 is 0 Å². The van der Waals surface area contributed by atoms with E-state index in [2.05, 4.69) is 5.32 Å². The third-order valence-electron chi connectivity index (χ3n) is 4.21. The maximum absolute atomic E-state index is 12.7. The minimum Gasteiger partial charge on any atom is -0.497 e. The number of methoxy groups -OCH3 is 1. The topological polar surface area (TPSA) is 71.7 Å². The van der Waals surface area contributed by atoms with Gasteiger partial charge < -0.3 is 19.6 Å². The molecule has 0 fully saturated rings. The van der Waals surface area contributed by atoms with Crippen molar-refractivity contribution in [3.8, 4) is 16.9 Å². The summed E-state index contributed by atoms with van der Waals surface area (Å²) in [5.41, 5.74) is 2.22. The number of carbonyl (C=O) groups is 1. The molecule has 0 radical (unpaired) electrons. The monoisotopic (exact) mass is 339 g/mol. The first-order valence-electron chi connectivity index (χ1n) is 8.25. The van der Waals surface area contributed by atoms with Gasteiger partial charge in [-0.1, -0.05) is 37.3 Å². The van der Waals surface area contributed by atoms with E-state index in [9.17, 15) is 9.90 Å². The average molecular weight is 339 g/mol. The number of ether oxygens (including phenoxy) is 1. The van der Waals surface area contributed by atoms with E-state index in [0.29, 0.717) is 17.8 Å². The van der Waals surface area contributed by atoms with Crippen LogP contribution in [0.4, 0.5) is 0 Å². The van der Waals surface area contributed by atoms with Crippen LogP contribution in [0.5, 0.6) is 5.75 Å². The van der Waals surface area contributed by atoms with Crippen molar-refractivity contribution in [3.05, 3.63) is 54.3 Å².